The molecule has 1 aliphatic rings. The average Bonchev–Trinajstić information content (AvgIpc) is 3.04. The molecule has 10 nitrogen and oxygen atoms in total. The van der Waals surface area contributed by atoms with Crippen molar-refractivity contribution in [2.24, 2.45) is 0 Å². The lowest BCUT2D eigenvalue weighted by atomic mass is 10.0. The smallest absolute Gasteiger partial charge is 0.387 e. The monoisotopic (exact) mass is 664 g/mol. The molecule has 1 aromatic heterocycles. The normalized spacial score (nSPS) is 14.8. The molecule has 3 aromatic rings. The Kier molecular flexibility index (Phi) is 12.4. The van der Waals surface area contributed by atoms with Gasteiger partial charge in [0.25, 0.3) is 5.91 Å². The summed E-state index contributed by atoms with van der Waals surface area (Å²) in [7, 11) is 1.31. The third kappa shape index (κ3) is 8.57. The average molecular weight is 665 g/mol. The van der Waals surface area contributed by atoms with E-state index in [4.69, 9.17) is 4.18 Å². The van der Waals surface area contributed by atoms with Crippen molar-refractivity contribution in [2.45, 2.75) is 45.9 Å². The molecule has 1 atom stereocenters. The van der Waals surface area contributed by atoms with Crippen molar-refractivity contribution in [1.29, 1.82) is 0 Å². The second-order valence-corrected chi connectivity index (χ2v) is 11.4. The van der Waals surface area contributed by atoms with Gasteiger partial charge in [0, 0.05) is 68.5 Å². The molecule has 2 aromatic carbocycles. The van der Waals surface area contributed by atoms with E-state index in [9.17, 15) is 18.4 Å². The van der Waals surface area contributed by atoms with Crippen molar-refractivity contribution in [3.05, 3.63) is 65.5 Å². The molecule has 2 heterocycles. The molecular weight excluding hydrogens is 628 g/mol. The zero-order chi connectivity index (χ0) is 33.2. The number of para-hydroxylation sites is 1. The number of amides is 2. The third-order valence-corrected chi connectivity index (χ3v) is 8.08. The molecule has 248 valence electrons. The third-order valence-electron chi connectivity index (χ3n) is 7.35. The van der Waals surface area contributed by atoms with Crippen molar-refractivity contribution in [1.82, 2.24) is 20.2 Å². The van der Waals surface area contributed by atoms with Crippen molar-refractivity contribution in [3.63, 3.8) is 0 Å². The molecule has 15 heteroatoms. The predicted molar refractivity (Wildman–Crippen MR) is 168 cm³/mol. The van der Waals surface area contributed by atoms with E-state index in [1.807, 2.05) is 11.8 Å². The van der Waals surface area contributed by atoms with Crippen LogP contribution in [0.5, 0.6) is 5.75 Å². The lowest BCUT2D eigenvalue weighted by molar-refractivity contribution is -0.133. The summed E-state index contributed by atoms with van der Waals surface area (Å²) in [6.45, 7) is 2.03. The van der Waals surface area contributed by atoms with Gasteiger partial charge < -0.3 is 29.4 Å². The van der Waals surface area contributed by atoms with Gasteiger partial charge in [-0.1, -0.05) is 31.5 Å². The van der Waals surface area contributed by atoms with Crippen LogP contribution in [-0.4, -0.2) is 78.4 Å². The molecule has 0 radical (unpaired) electrons. The number of alkyl halides is 2. The fraction of sp³-hybridized carbons (Fsp3) is 0.419. The van der Waals surface area contributed by atoms with Crippen LogP contribution in [0.3, 0.4) is 0 Å². The Hall–Kier alpha value is -4.11. The van der Waals surface area contributed by atoms with Gasteiger partial charge in [-0.25, -0.2) is 18.7 Å². The van der Waals surface area contributed by atoms with E-state index >= 15 is 8.78 Å². The molecule has 2 N–H and O–H groups in total. The first-order valence-corrected chi connectivity index (χ1v) is 15.7. The topological polar surface area (TPSA) is 109 Å². The van der Waals surface area contributed by atoms with Crippen molar-refractivity contribution in [3.8, 4) is 16.9 Å². The molecule has 2 amide bonds. The van der Waals surface area contributed by atoms with Gasteiger partial charge in [0.15, 0.2) is 5.82 Å². The number of piperazine rings is 1. The molecule has 1 unspecified atom stereocenters. The van der Waals surface area contributed by atoms with Crippen LogP contribution in [0.15, 0.2) is 42.7 Å². The number of carbonyl (C=O) groups is 2. The second-order valence-electron chi connectivity index (χ2n) is 10.5. The van der Waals surface area contributed by atoms with Gasteiger partial charge in [-0.2, -0.15) is 8.78 Å². The fourth-order valence-electron chi connectivity index (χ4n) is 4.94. The number of halogens is 4. The highest BCUT2D eigenvalue weighted by Crippen LogP contribution is 2.34. The summed E-state index contributed by atoms with van der Waals surface area (Å²) in [5.74, 6) is -1.94. The van der Waals surface area contributed by atoms with E-state index in [-0.39, 0.29) is 53.2 Å². The molecule has 0 saturated carbocycles. The first kappa shape index (κ1) is 34.8. The maximum atomic E-state index is 16.0. The van der Waals surface area contributed by atoms with Crippen LogP contribution in [0.4, 0.5) is 29.2 Å². The molecule has 1 fully saturated rings. The summed E-state index contributed by atoms with van der Waals surface area (Å²) in [4.78, 5) is 37.5. The SMILES string of the molecule is CCCCSOCC(=O)N1CCN(c2ncc(-c3c(F)cc(C(=O)NC)c(NCc4ccccc4OC(F)F)c3F)cn2)C(C)C1. The maximum Gasteiger partial charge on any atom is 0.387 e. The number of unbranched alkanes of at least 4 members (excludes halogenated alkanes) is 1. The van der Waals surface area contributed by atoms with Gasteiger partial charge in [-0.15, -0.1) is 0 Å². The number of hydrogen-bond acceptors (Lipinski definition) is 9. The zero-order valence-corrected chi connectivity index (χ0v) is 26.5. The van der Waals surface area contributed by atoms with Gasteiger partial charge >= 0.3 is 6.61 Å². The minimum absolute atomic E-state index is 0.00499. The predicted octanol–water partition coefficient (Wildman–Crippen LogP) is 5.50. The minimum atomic E-state index is -3.08. The summed E-state index contributed by atoms with van der Waals surface area (Å²) in [5, 5.41) is 5.10. The highest BCUT2D eigenvalue weighted by Gasteiger charge is 2.29. The summed E-state index contributed by atoms with van der Waals surface area (Å²) in [6, 6.07) is 6.67. The fourth-order valence-corrected chi connectivity index (χ4v) is 5.65. The molecular formula is C31H36F4N6O4S. The number of aromatic nitrogens is 2. The number of benzene rings is 2. The number of carbonyl (C=O) groups excluding carboxylic acids is 2. The van der Waals surface area contributed by atoms with Crippen LogP contribution < -0.4 is 20.3 Å². The molecule has 0 spiro atoms. The Balaban J connectivity index is 1.51. The van der Waals surface area contributed by atoms with Crippen LogP contribution in [0.1, 0.15) is 42.6 Å². The van der Waals surface area contributed by atoms with Gasteiger partial charge in [0.1, 0.15) is 18.2 Å². The van der Waals surface area contributed by atoms with Gasteiger partial charge in [0.05, 0.1) is 16.8 Å². The Labute approximate surface area is 269 Å². The van der Waals surface area contributed by atoms with E-state index in [2.05, 4.69) is 32.3 Å². The van der Waals surface area contributed by atoms with Gasteiger partial charge in [-0.05, 0) is 37.5 Å². The van der Waals surface area contributed by atoms with E-state index in [1.165, 1.54) is 49.7 Å². The largest absolute Gasteiger partial charge is 0.434 e. The van der Waals surface area contributed by atoms with Crippen LogP contribution >= 0.6 is 12.0 Å². The zero-order valence-electron chi connectivity index (χ0n) is 25.7. The Morgan fingerprint density at radius 2 is 1.89 bits per heavy atom. The first-order chi connectivity index (χ1) is 22.1. The summed E-state index contributed by atoms with van der Waals surface area (Å²) in [6.07, 6.45) is 4.63. The number of rotatable bonds is 14. The lowest BCUT2D eigenvalue weighted by Gasteiger charge is -2.39. The van der Waals surface area contributed by atoms with Crippen LogP contribution in [0.2, 0.25) is 0 Å². The number of hydrogen-bond donors (Lipinski definition) is 2. The molecule has 4 rings (SSSR count). The Bertz CT molecular complexity index is 1500. The van der Waals surface area contributed by atoms with E-state index in [1.54, 1.807) is 11.0 Å². The van der Waals surface area contributed by atoms with Gasteiger partial charge in [0.2, 0.25) is 11.9 Å². The molecule has 1 saturated heterocycles. The highest BCUT2D eigenvalue weighted by molar-refractivity contribution is 7.94. The molecule has 0 bridgehead atoms. The summed E-state index contributed by atoms with van der Waals surface area (Å²) >= 11 is 1.29. The van der Waals surface area contributed by atoms with Crippen molar-refractivity contribution >= 4 is 35.5 Å². The summed E-state index contributed by atoms with van der Waals surface area (Å²) < 4.78 is 67.1. The maximum absolute atomic E-state index is 16.0. The van der Waals surface area contributed by atoms with Crippen LogP contribution in [0, 0.1) is 11.6 Å². The van der Waals surface area contributed by atoms with E-state index in [0.717, 1.165) is 24.7 Å². The van der Waals surface area contributed by atoms with Crippen LogP contribution in [-0.2, 0) is 15.5 Å². The second kappa shape index (κ2) is 16.5. The molecule has 0 aliphatic carbocycles. The molecule has 46 heavy (non-hydrogen) atoms. The van der Waals surface area contributed by atoms with E-state index in [0.29, 0.717) is 25.6 Å². The standard InChI is InChI=1S/C31H36F4N6O4S/c1-4-5-12-46-44-18-25(42)40-10-11-41(19(2)17-40)31-38-15-21(16-39-31)26-23(32)13-22(29(43)36-3)28(27(26)33)37-14-20-8-6-7-9-24(20)45-30(34)35/h6-9,13,15-16,19,30,37H,4-5,10-12,14,17-18H2,1-3H3,(H,36,43). The number of nitrogens with zero attached hydrogens (tertiary/aromatic N) is 4. The molecule has 1 aliphatic heterocycles. The Morgan fingerprint density at radius 1 is 1.15 bits per heavy atom. The van der Waals surface area contributed by atoms with Gasteiger partial charge in [-0.3, -0.25) is 9.59 Å². The van der Waals surface area contributed by atoms with Crippen LogP contribution in [0.25, 0.3) is 11.1 Å². The lowest BCUT2D eigenvalue weighted by Crippen LogP contribution is -2.54. The van der Waals surface area contributed by atoms with E-state index < -0.39 is 29.7 Å². The Morgan fingerprint density at radius 3 is 2.57 bits per heavy atom. The number of nitrogens with one attached hydrogen (secondary N) is 2. The highest BCUT2D eigenvalue weighted by atomic mass is 32.2. The quantitative estimate of drug-likeness (QED) is 0.131. The van der Waals surface area contributed by atoms with Crippen molar-refractivity contribution in [2.75, 3.05) is 49.3 Å². The van der Waals surface area contributed by atoms with Crippen molar-refractivity contribution < 1.29 is 36.1 Å². The number of anilines is 2. The first-order valence-electron chi connectivity index (χ1n) is 14.8. The number of ether oxygens (including phenoxy) is 1. The minimum Gasteiger partial charge on any atom is -0.434 e. The summed E-state index contributed by atoms with van der Waals surface area (Å²) in [5.41, 5.74) is -0.853.